The number of rotatable bonds is 10. The Bertz CT molecular complexity index is 2740. The van der Waals surface area contributed by atoms with Gasteiger partial charge in [0.25, 0.3) is 0 Å². The first-order chi connectivity index (χ1) is 36.2. The van der Waals surface area contributed by atoms with Crippen LogP contribution in [0.25, 0.3) is 111 Å². The van der Waals surface area contributed by atoms with Gasteiger partial charge in [-0.2, -0.15) is 0 Å². The maximum absolute atomic E-state index is 3.19. The summed E-state index contributed by atoms with van der Waals surface area (Å²) in [7, 11) is 0. The molecule has 0 fully saturated rings. The van der Waals surface area contributed by atoms with Crippen molar-refractivity contribution in [3.63, 3.8) is 0 Å². The van der Waals surface area contributed by atoms with Gasteiger partial charge in [0.15, 0.2) is 0 Å². The van der Waals surface area contributed by atoms with E-state index in [-0.39, 0.29) is 14.5 Å². The van der Waals surface area contributed by atoms with Crippen molar-refractivity contribution in [3.05, 3.63) is 303 Å². The van der Waals surface area contributed by atoms with E-state index in [1.54, 1.807) is 0 Å². The largest absolute Gasteiger partial charge is 0.0999 e. The molecule has 0 aromatic heterocycles. The minimum Gasteiger partial charge on any atom is -0.0999 e. The fourth-order valence-electron chi connectivity index (χ4n) is 10.2. The van der Waals surface area contributed by atoms with Crippen LogP contribution >= 0.6 is 26.6 Å². The molecule has 0 amide bonds. The molecule has 0 heterocycles. The molecule has 0 bridgehead atoms. The van der Waals surface area contributed by atoms with Crippen LogP contribution < -0.4 is 0 Å². The van der Waals surface area contributed by atoms with Gasteiger partial charge in [-0.05, 0) is 22.3 Å². The van der Waals surface area contributed by atoms with Crippen molar-refractivity contribution >= 4 is 26.6 Å². The summed E-state index contributed by atoms with van der Waals surface area (Å²) in [5.74, 6) is 0. The van der Waals surface area contributed by atoms with Gasteiger partial charge in [-0.3, -0.25) is 0 Å². The first-order valence-electron chi connectivity index (χ1n) is 24.4. The van der Waals surface area contributed by atoms with Gasteiger partial charge >= 0.3 is 41.0 Å². The maximum atomic E-state index is 3.19. The average molecular weight is 1150 g/mol. The third-order valence-electron chi connectivity index (χ3n) is 13.1. The zero-order valence-corrected chi connectivity index (χ0v) is 45.2. The molecule has 0 aliphatic rings. The molecule has 73 heavy (non-hydrogen) atoms. The molecule has 0 N–H and O–H groups in total. The smallest absolute Gasteiger partial charge is 0.0465 e. The van der Waals surface area contributed by atoms with E-state index in [1.807, 2.05) is 0 Å². The molecule has 0 atom stereocenters. The topological polar surface area (TPSA) is 0 Å². The Kier molecular flexibility index (Phi) is 16.4. The van der Waals surface area contributed by atoms with Crippen LogP contribution in [0.5, 0.6) is 0 Å². The second-order valence-electron chi connectivity index (χ2n) is 17.5. The van der Waals surface area contributed by atoms with E-state index >= 15 is 0 Å². The van der Waals surface area contributed by atoms with Crippen molar-refractivity contribution in [2.45, 2.75) is 0 Å². The van der Waals surface area contributed by atoms with Gasteiger partial charge < -0.3 is 0 Å². The number of hydrogen-bond acceptors (Lipinski definition) is 0. The van der Waals surface area contributed by atoms with E-state index in [0.29, 0.717) is 0 Å². The summed E-state index contributed by atoms with van der Waals surface area (Å²) in [6.07, 6.45) is 0. The van der Waals surface area contributed by atoms with E-state index in [4.69, 9.17) is 0 Å². The van der Waals surface area contributed by atoms with E-state index in [9.17, 15) is 0 Å². The summed E-state index contributed by atoms with van der Waals surface area (Å²) in [5, 5.41) is 0. The molecule has 0 saturated heterocycles. The van der Waals surface area contributed by atoms with Gasteiger partial charge in [0, 0.05) is 0 Å². The first-order valence-corrected chi connectivity index (χ1v) is 33.6. The number of halogens is 2. The van der Waals surface area contributed by atoms with Crippen molar-refractivity contribution in [1.29, 1.82) is 0 Å². The molecule has 12 aromatic rings. The Hall–Kier alpha value is -7.45. The van der Waals surface area contributed by atoms with Crippen LogP contribution in [0.3, 0.4) is 0 Å². The standard InChI is InChI=1S/2C35H25.2BrH.Mo/c2*1-6-16-26(17-7-1)31-32(27-18-8-2-9-19-27)34(29-22-12-4-13-23-29)35(30-24-14-5-15-25-30)33(31)28-20-10-3-11-21-28;;;/h2*1-25H;2*1H;/q2*-1;;;+2/p-2. The Labute approximate surface area is 451 Å². The summed E-state index contributed by atoms with van der Waals surface area (Å²) in [5.41, 5.74) is 25.0. The van der Waals surface area contributed by atoms with Crippen LogP contribution in [-0.4, -0.2) is 0 Å². The normalized spacial score (nSPS) is 10.7. The van der Waals surface area contributed by atoms with E-state index in [2.05, 4.69) is 330 Å². The van der Waals surface area contributed by atoms with Crippen LogP contribution in [-0.2, 0) is 14.5 Å². The zero-order chi connectivity index (χ0) is 49.6. The molecule has 12 aromatic carbocycles. The van der Waals surface area contributed by atoms with Gasteiger partial charge in [0.2, 0.25) is 0 Å². The summed E-state index contributed by atoms with van der Waals surface area (Å²) in [4.78, 5) is 0. The monoisotopic (exact) mass is 1150 g/mol. The second kappa shape index (κ2) is 24.3. The van der Waals surface area contributed by atoms with Gasteiger partial charge in [-0.25, -0.2) is 0 Å². The van der Waals surface area contributed by atoms with E-state index in [1.165, 1.54) is 111 Å². The van der Waals surface area contributed by atoms with Crippen LogP contribution in [0.4, 0.5) is 0 Å². The van der Waals surface area contributed by atoms with Crippen molar-refractivity contribution in [2.24, 2.45) is 0 Å². The van der Waals surface area contributed by atoms with Crippen molar-refractivity contribution in [1.82, 2.24) is 0 Å². The third-order valence-corrected chi connectivity index (χ3v) is 13.1. The number of hydrogen-bond donors (Lipinski definition) is 0. The van der Waals surface area contributed by atoms with E-state index in [0.717, 1.165) is 0 Å². The molecule has 0 nitrogen and oxygen atoms in total. The minimum atomic E-state index is 0.0950. The molecule has 12 rings (SSSR count). The van der Waals surface area contributed by atoms with Gasteiger partial charge in [0.1, 0.15) is 0 Å². The van der Waals surface area contributed by atoms with Crippen molar-refractivity contribution < 1.29 is 14.5 Å². The fraction of sp³-hybridized carbons (Fsp3) is 0. The summed E-state index contributed by atoms with van der Waals surface area (Å²) in [6.45, 7) is 0. The molecule has 352 valence electrons. The van der Waals surface area contributed by atoms with Crippen molar-refractivity contribution in [2.75, 3.05) is 0 Å². The van der Waals surface area contributed by atoms with Crippen LogP contribution in [0.15, 0.2) is 303 Å². The molecule has 0 saturated carbocycles. The van der Waals surface area contributed by atoms with Crippen LogP contribution in [0.2, 0.25) is 0 Å². The minimum absolute atomic E-state index is 0.0950. The molecule has 0 spiro atoms. The average Bonchev–Trinajstić information content (AvgIpc) is 4.04. The second-order valence-corrected chi connectivity index (χ2v) is 26.7. The Morgan fingerprint density at radius 1 is 0.192 bits per heavy atom. The molecular weight excluding hydrogens is 1100 g/mol. The van der Waals surface area contributed by atoms with E-state index < -0.39 is 0 Å². The summed E-state index contributed by atoms with van der Waals surface area (Å²) >= 11 is 6.48. The van der Waals surface area contributed by atoms with Crippen LogP contribution in [0.1, 0.15) is 0 Å². The number of benzene rings is 10. The Balaban J connectivity index is 0.000000159. The Morgan fingerprint density at radius 3 is 0.493 bits per heavy atom. The van der Waals surface area contributed by atoms with Gasteiger partial charge in [-0.15, -0.1) is 0 Å². The summed E-state index contributed by atoms with van der Waals surface area (Å²) < 4.78 is 0. The quantitative estimate of drug-likeness (QED) is 0.0946. The Morgan fingerprint density at radius 2 is 0.329 bits per heavy atom. The van der Waals surface area contributed by atoms with Gasteiger partial charge in [0.05, 0.1) is 0 Å². The van der Waals surface area contributed by atoms with Gasteiger partial charge in [-0.1, -0.05) is 392 Å². The maximum Gasteiger partial charge on any atom is -0.0465 e. The van der Waals surface area contributed by atoms with Crippen molar-refractivity contribution in [3.8, 4) is 111 Å². The van der Waals surface area contributed by atoms with Crippen LogP contribution in [0, 0.1) is 0 Å². The zero-order valence-electron chi connectivity index (χ0n) is 40.0. The predicted molar refractivity (Wildman–Crippen MR) is 316 cm³/mol. The fourth-order valence-corrected chi connectivity index (χ4v) is 10.2. The molecule has 3 heteroatoms. The molecule has 0 aliphatic carbocycles. The predicted octanol–water partition coefficient (Wildman–Crippen LogP) is 21.2. The molecule has 0 aliphatic heterocycles. The molecular formula is C70H50Br2Mo-2. The SMILES string of the molecule is [Br][Mo][Br].c1ccc(-c2c(-c3ccccc3)c(-c3ccccc3)[c-](-c3ccccc3)c2-c2ccccc2)cc1.c1ccc(-c2c(-c3ccccc3)c(-c3ccccc3)[c-](-c3ccccc3)c2-c2ccccc2)cc1. The first kappa shape index (κ1) is 49.1. The third kappa shape index (κ3) is 10.9. The summed E-state index contributed by atoms with van der Waals surface area (Å²) in [6, 6.07) is 108. The molecule has 0 radical (unpaired) electrons. The molecule has 0 unspecified atom stereocenters.